The molecular formula is C20H23N3O5. The monoisotopic (exact) mass is 385 g/mol. The van der Waals surface area contributed by atoms with Gasteiger partial charge in [-0.3, -0.25) is 19.8 Å². The summed E-state index contributed by atoms with van der Waals surface area (Å²) in [5.74, 6) is -0.248. The van der Waals surface area contributed by atoms with Crippen LogP contribution in [-0.4, -0.2) is 55.7 Å². The van der Waals surface area contributed by atoms with Crippen LogP contribution in [0.3, 0.4) is 0 Å². The number of ether oxygens (including phenoxy) is 2. The molecule has 2 aromatic rings. The zero-order chi connectivity index (χ0) is 19.9. The van der Waals surface area contributed by atoms with Crippen molar-refractivity contribution in [3.05, 3.63) is 69.8 Å². The SMILES string of the molecule is COc1ccc(C(=O)N[C@H](CN2CCOCC2)c2ccccc2)cc1[N+](=O)[O-]. The molecule has 8 heteroatoms. The van der Waals surface area contributed by atoms with Crippen LogP contribution in [0.2, 0.25) is 0 Å². The van der Waals surface area contributed by atoms with E-state index < -0.39 is 4.92 Å². The van der Waals surface area contributed by atoms with Gasteiger partial charge in [0, 0.05) is 31.3 Å². The molecular weight excluding hydrogens is 362 g/mol. The summed E-state index contributed by atoms with van der Waals surface area (Å²) < 4.78 is 10.4. The predicted molar refractivity (Wildman–Crippen MR) is 104 cm³/mol. The van der Waals surface area contributed by atoms with Gasteiger partial charge in [0.25, 0.3) is 5.91 Å². The molecule has 28 heavy (non-hydrogen) atoms. The van der Waals surface area contributed by atoms with E-state index in [1.165, 1.54) is 25.3 Å². The lowest BCUT2D eigenvalue weighted by Gasteiger charge is -2.31. The van der Waals surface area contributed by atoms with Gasteiger partial charge in [-0.05, 0) is 17.7 Å². The molecule has 0 saturated carbocycles. The first kappa shape index (κ1) is 19.8. The molecule has 148 valence electrons. The normalized spacial score (nSPS) is 15.6. The van der Waals surface area contributed by atoms with Gasteiger partial charge in [0.1, 0.15) is 0 Å². The fourth-order valence-corrected chi connectivity index (χ4v) is 3.18. The summed E-state index contributed by atoms with van der Waals surface area (Å²) in [5.41, 5.74) is 0.959. The van der Waals surface area contributed by atoms with Gasteiger partial charge in [-0.25, -0.2) is 0 Å². The molecule has 1 N–H and O–H groups in total. The van der Waals surface area contributed by atoms with Gasteiger partial charge in [0.15, 0.2) is 5.75 Å². The van der Waals surface area contributed by atoms with Gasteiger partial charge < -0.3 is 14.8 Å². The maximum Gasteiger partial charge on any atom is 0.311 e. The van der Waals surface area contributed by atoms with Crippen molar-refractivity contribution in [2.45, 2.75) is 6.04 Å². The van der Waals surface area contributed by atoms with E-state index in [0.717, 1.165) is 18.7 Å². The van der Waals surface area contributed by atoms with Crippen molar-refractivity contribution < 1.29 is 19.2 Å². The number of methoxy groups -OCH3 is 1. The van der Waals surface area contributed by atoms with Gasteiger partial charge in [-0.15, -0.1) is 0 Å². The highest BCUT2D eigenvalue weighted by Gasteiger charge is 2.23. The fourth-order valence-electron chi connectivity index (χ4n) is 3.18. The molecule has 1 amide bonds. The van der Waals surface area contributed by atoms with Crippen molar-refractivity contribution in [1.29, 1.82) is 0 Å². The third-order valence-corrected chi connectivity index (χ3v) is 4.69. The second-order valence-electron chi connectivity index (χ2n) is 6.49. The number of hydrogen-bond acceptors (Lipinski definition) is 6. The number of benzene rings is 2. The first-order valence-corrected chi connectivity index (χ1v) is 9.07. The van der Waals surface area contributed by atoms with Crippen LogP contribution in [0.1, 0.15) is 22.0 Å². The van der Waals surface area contributed by atoms with Gasteiger partial charge in [-0.1, -0.05) is 30.3 Å². The first-order chi connectivity index (χ1) is 13.6. The Morgan fingerprint density at radius 2 is 1.96 bits per heavy atom. The maximum absolute atomic E-state index is 12.8. The summed E-state index contributed by atoms with van der Waals surface area (Å²) in [6.07, 6.45) is 0. The van der Waals surface area contributed by atoms with Crippen LogP contribution in [0.15, 0.2) is 48.5 Å². The number of amides is 1. The molecule has 8 nitrogen and oxygen atoms in total. The summed E-state index contributed by atoms with van der Waals surface area (Å²) in [5, 5.41) is 14.3. The van der Waals surface area contributed by atoms with E-state index in [2.05, 4.69) is 10.2 Å². The molecule has 1 aliphatic heterocycles. The second-order valence-corrected chi connectivity index (χ2v) is 6.49. The molecule has 0 spiro atoms. The minimum atomic E-state index is -0.558. The lowest BCUT2D eigenvalue weighted by atomic mass is 10.0. The van der Waals surface area contributed by atoms with Crippen molar-refractivity contribution in [2.24, 2.45) is 0 Å². The second kappa shape index (κ2) is 9.29. The molecule has 2 aromatic carbocycles. The van der Waals surface area contributed by atoms with Crippen molar-refractivity contribution in [3.8, 4) is 5.75 Å². The van der Waals surface area contributed by atoms with E-state index in [9.17, 15) is 14.9 Å². The number of carbonyl (C=O) groups excluding carboxylic acids is 1. The number of morpholine rings is 1. The number of nitro benzene ring substituents is 1. The summed E-state index contributed by atoms with van der Waals surface area (Å²) in [7, 11) is 1.36. The van der Waals surface area contributed by atoms with Gasteiger partial charge in [-0.2, -0.15) is 0 Å². The average Bonchev–Trinajstić information content (AvgIpc) is 2.74. The minimum absolute atomic E-state index is 0.120. The first-order valence-electron chi connectivity index (χ1n) is 9.07. The van der Waals surface area contributed by atoms with Crippen molar-refractivity contribution in [3.63, 3.8) is 0 Å². The van der Waals surface area contributed by atoms with Crippen LogP contribution < -0.4 is 10.1 Å². The van der Waals surface area contributed by atoms with Crippen molar-refractivity contribution >= 4 is 11.6 Å². The van der Waals surface area contributed by atoms with Crippen LogP contribution in [-0.2, 0) is 4.74 Å². The Bertz CT molecular complexity index is 822. The van der Waals surface area contributed by atoms with Crippen LogP contribution in [0.25, 0.3) is 0 Å². The summed E-state index contributed by atoms with van der Waals surface area (Å²) in [6.45, 7) is 3.57. The topological polar surface area (TPSA) is 93.9 Å². The third kappa shape index (κ3) is 4.85. The Hall–Kier alpha value is -2.97. The summed E-state index contributed by atoms with van der Waals surface area (Å²) in [6, 6.07) is 13.6. The van der Waals surface area contributed by atoms with Crippen LogP contribution in [0.5, 0.6) is 5.75 Å². The summed E-state index contributed by atoms with van der Waals surface area (Å²) in [4.78, 5) is 25.7. The standard InChI is InChI=1S/C20H23N3O5/c1-27-19-8-7-16(13-18(19)23(25)26)20(24)21-17(15-5-3-2-4-6-15)14-22-9-11-28-12-10-22/h2-8,13,17H,9-12,14H2,1H3,(H,21,24)/t17-/m1/s1. The maximum atomic E-state index is 12.8. The van der Waals surface area contributed by atoms with E-state index >= 15 is 0 Å². The molecule has 0 unspecified atom stereocenters. The number of nitrogens with zero attached hydrogens (tertiary/aromatic N) is 2. The Morgan fingerprint density at radius 3 is 2.61 bits per heavy atom. The number of hydrogen-bond donors (Lipinski definition) is 1. The molecule has 0 radical (unpaired) electrons. The lowest BCUT2D eigenvalue weighted by Crippen LogP contribution is -2.43. The Morgan fingerprint density at radius 1 is 1.25 bits per heavy atom. The molecule has 1 saturated heterocycles. The number of rotatable bonds is 7. The van der Waals surface area contributed by atoms with Gasteiger partial charge >= 0.3 is 5.69 Å². The molecule has 0 aliphatic carbocycles. The zero-order valence-electron chi connectivity index (χ0n) is 15.7. The summed E-state index contributed by atoms with van der Waals surface area (Å²) >= 11 is 0. The van der Waals surface area contributed by atoms with Gasteiger partial charge in [0.05, 0.1) is 31.3 Å². The predicted octanol–water partition coefficient (Wildman–Crippen LogP) is 2.41. The van der Waals surface area contributed by atoms with E-state index in [1.807, 2.05) is 30.3 Å². The van der Waals surface area contributed by atoms with Crippen LogP contribution >= 0.6 is 0 Å². The highest BCUT2D eigenvalue weighted by Crippen LogP contribution is 2.28. The van der Waals surface area contributed by atoms with Crippen LogP contribution in [0.4, 0.5) is 5.69 Å². The quantitative estimate of drug-likeness (QED) is 0.581. The number of carbonyl (C=O) groups is 1. The molecule has 1 heterocycles. The van der Waals surface area contributed by atoms with Gasteiger partial charge in [0.2, 0.25) is 0 Å². The Balaban J connectivity index is 1.80. The fraction of sp³-hybridized carbons (Fsp3) is 0.350. The van der Waals surface area contributed by atoms with Crippen molar-refractivity contribution in [2.75, 3.05) is 40.0 Å². The molecule has 0 aromatic heterocycles. The zero-order valence-corrected chi connectivity index (χ0v) is 15.7. The number of nitrogens with one attached hydrogen (secondary N) is 1. The largest absolute Gasteiger partial charge is 0.490 e. The third-order valence-electron chi connectivity index (χ3n) is 4.69. The smallest absolute Gasteiger partial charge is 0.311 e. The van der Waals surface area contributed by atoms with Crippen molar-refractivity contribution in [1.82, 2.24) is 10.2 Å². The van der Waals surface area contributed by atoms with E-state index in [-0.39, 0.29) is 28.9 Å². The minimum Gasteiger partial charge on any atom is -0.490 e. The van der Waals surface area contributed by atoms with E-state index in [1.54, 1.807) is 0 Å². The van der Waals surface area contributed by atoms with E-state index in [0.29, 0.717) is 19.8 Å². The molecule has 3 rings (SSSR count). The van der Waals surface area contributed by atoms with Crippen LogP contribution in [0, 0.1) is 10.1 Å². The molecule has 0 bridgehead atoms. The highest BCUT2D eigenvalue weighted by molar-refractivity contribution is 5.95. The molecule has 1 aliphatic rings. The Labute approximate surface area is 163 Å². The molecule has 1 fully saturated rings. The average molecular weight is 385 g/mol. The highest BCUT2D eigenvalue weighted by atomic mass is 16.6. The van der Waals surface area contributed by atoms with E-state index in [4.69, 9.17) is 9.47 Å². The number of nitro groups is 1. The Kier molecular flexibility index (Phi) is 6.57. The molecule has 1 atom stereocenters. The lowest BCUT2D eigenvalue weighted by molar-refractivity contribution is -0.385.